The normalized spacial score (nSPS) is 13.1. The lowest BCUT2D eigenvalue weighted by molar-refractivity contribution is 0.463. The van der Waals surface area contributed by atoms with Crippen LogP contribution in [0, 0.1) is 11.7 Å². The summed E-state index contributed by atoms with van der Waals surface area (Å²) in [6.45, 7) is 4.38. The van der Waals surface area contributed by atoms with Gasteiger partial charge < -0.3 is 5.32 Å². The third-order valence-corrected chi connectivity index (χ3v) is 3.03. The molecule has 1 aromatic rings. The summed E-state index contributed by atoms with van der Waals surface area (Å²) in [5.41, 5.74) is 0.963. The summed E-state index contributed by atoms with van der Waals surface area (Å²) in [6.07, 6.45) is 2.13. The summed E-state index contributed by atoms with van der Waals surface area (Å²) >= 11 is 5.66. The molecule has 0 radical (unpaired) electrons. The van der Waals surface area contributed by atoms with Crippen molar-refractivity contribution in [2.24, 2.45) is 5.92 Å². The van der Waals surface area contributed by atoms with Gasteiger partial charge in [0.05, 0.1) is 5.02 Å². The number of benzene rings is 1. The van der Waals surface area contributed by atoms with E-state index in [1.807, 2.05) is 13.1 Å². The maximum absolute atomic E-state index is 13.3. The molecular weight excluding hydrogens is 225 g/mol. The fourth-order valence-electron chi connectivity index (χ4n) is 1.71. The number of nitrogens with one attached hydrogen (secondary N) is 1. The molecule has 0 aliphatic carbocycles. The lowest BCUT2D eigenvalue weighted by atomic mass is 9.98. The second-order valence-corrected chi connectivity index (χ2v) is 4.89. The quantitative estimate of drug-likeness (QED) is 0.818. The van der Waals surface area contributed by atoms with Crippen LogP contribution in [-0.4, -0.2) is 7.05 Å². The SMILES string of the molecule is CNC(CCC(C)C)c1ccc(Cl)c(F)c1. The van der Waals surface area contributed by atoms with Gasteiger partial charge in [-0.05, 0) is 43.5 Å². The maximum atomic E-state index is 13.3. The van der Waals surface area contributed by atoms with Crippen LogP contribution >= 0.6 is 11.6 Å². The number of rotatable bonds is 5. The van der Waals surface area contributed by atoms with Crippen LogP contribution in [0.15, 0.2) is 18.2 Å². The second-order valence-electron chi connectivity index (χ2n) is 4.49. The van der Waals surface area contributed by atoms with Gasteiger partial charge in [0.1, 0.15) is 5.82 Å². The zero-order chi connectivity index (χ0) is 12.1. The van der Waals surface area contributed by atoms with Gasteiger partial charge in [0.25, 0.3) is 0 Å². The van der Waals surface area contributed by atoms with Crippen molar-refractivity contribution in [1.82, 2.24) is 5.32 Å². The van der Waals surface area contributed by atoms with E-state index in [9.17, 15) is 4.39 Å². The van der Waals surface area contributed by atoms with Gasteiger partial charge >= 0.3 is 0 Å². The third-order valence-electron chi connectivity index (χ3n) is 2.73. The predicted molar refractivity (Wildman–Crippen MR) is 67.3 cm³/mol. The molecule has 0 aliphatic heterocycles. The van der Waals surface area contributed by atoms with E-state index in [1.165, 1.54) is 6.07 Å². The lowest BCUT2D eigenvalue weighted by Gasteiger charge is -2.18. The largest absolute Gasteiger partial charge is 0.313 e. The van der Waals surface area contributed by atoms with Crippen LogP contribution in [0.2, 0.25) is 5.02 Å². The minimum atomic E-state index is -0.344. The minimum absolute atomic E-state index is 0.183. The van der Waals surface area contributed by atoms with Crippen molar-refractivity contribution in [3.63, 3.8) is 0 Å². The summed E-state index contributed by atoms with van der Waals surface area (Å²) in [7, 11) is 1.90. The molecular formula is C13H19ClFN. The van der Waals surface area contributed by atoms with Crippen LogP contribution in [0.25, 0.3) is 0 Å². The smallest absolute Gasteiger partial charge is 0.142 e. The van der Waals surface area contributed by atoms with Gasteiger partial charge in [0.2, 0.25) is 0 Å². The Balaban J connectivity index is 2.74. The van der Waals surface area contributed by atoms with Crippen molar-refractivity contribution in [3.05, 3.63) is 34.6 Å². The van der Waals surface area contributed by atoms with Gasteiger partial charge in [-0.15, -0.1) is 0 Å². The molecule has 0 bridgehead atoms. The highest BCUT2D eigenvalue weighted by Gasteiger charge is 2.11. The number of hydrogen-bond acceptors (Lipinski definition) is 1. The molecule has 1 unspecified atom stereocenters. The second kappa shape index (κ2) is 6.21. The molecule has 1 aromatic carbocycles. The molecule has 1 atom stereocenters. The zero-order valence-corrected chi connectivity index (χ0v) is 10.8. The van der Waals surface area contributed by atoms with E-state index in [-0.39, 0.29) is 16.9 Å². The molecule has 0 aliphatic rings. The van der Waals surface area contributed by atoms with Crippen LogP contribution in [0.1, 0.15) is 38.3 Å². The minimum Gasteiger partial charge on any atom is -0.313 e. The monoisotopic (exact) mass is 243 g/mol. The Morgan fingerprint density at radius 1 is 1.31 bits per heavy atom. The molecule has 1 N–H and O–H groups in total. The van der Waals surface area contributed by atoms with Gasteiger partial charge in [-0.3, -0.25) is 0 Å². The van der Waals surface area contributed by atoms with Crippen molar-refractivity contribution in [2.75, 3.05) is 7.05 Å². The van der Waals surface area contributed by atoms with Gasteiger partial charge in [0.15, 0.2) is 0 Å². The molecule has 0 aromatic heterocycles. The maximum Gasteiger partial charge on any atom is 0.142 e. The molecule has 16 heavy (non-hydrogen) atoms. The van der Waals surface area contributed by atoms with Crippen LogP contribution in [-0.2, 0) is 0 Å². The molecule has 0 spiro atoms. The highest BCUT2D eigenvalue weighted by Crippen LogP contribution is 2.24. The average Bonchev–Trinajstić information content (AvgIpc) is 2.23. The fourth-order valence-corrected chi connectivity index (χ4v) is 1.82. The summed E-state index contributed by atoms with van der Waals surface area (Å²) in [4.78, 5) is 0. The van der Waals surface area contributed by atoms with E-state index in [4.69, 9.17) is 11.6 Å². The third kappa shape index (κ3) is 3.76. The highest BCUT2D eigenvalue weighted by molar-refractivity contribution is 6.30. The Morgan fingerprint density at radius 3 is 2.50 bits per heavy atom. The van der Waals surface area contributed by atoms with Gasteiger partial charge in [-0.25, -0.2) is 4.39 Å². The Morgan fingerprint density at radius 2 is 2.00 bits per heavy atom. The van der Waals surface area contributed by atoms with E-state index >= 15 is 0 Å². The van der Waals surface area contributed by atoms with Crippen LogP contribution in [0.4, 0.5) is 4.39 Å². The Kier molecular flexibility index (Phi) is 5.23. The number of hydrogen-bond donors (Lipinski definition) is 1. The van der Waals surface area contributed by atoms with E-state index < -0.39 is 0 Å². The average molecular weight is 244 g/mol. The summed E-state index contributed by atoms with van der Waals surface area (Å²) in [5, 5.41) is 3.39. The predicted octanol–water partition coefficient (Wildman–Crippen LogP) is 4.18. The standard InChI is InChI=1S/C13H19ClFN/c1-9(2)4-7-13(16-3)10-5-6-11(14)12(15)8-10/h5-6,8-9,13,16H,4,7H2,1-3H3. The van der Waals surface area contributed by atoms with Crippen molar-refractivity contribution in [1.29, 1.82) is 0 Å². The van der Waals surface area contributed by atoms with Gasteiger partial charge in [0, 0.05) is 6.04 Å². The van der Waals surface area contributed by atoms with Crippen LogP contribution in [0.5, 0.6) is 0 Å². The summed E-state index contributed by atoms with van der Waals surface area (Å²) in [6, 6.07) is 5.22. The first-order chi connectivity index (χ1) is 7.54. The summed E-state index contributed by atoms with van der Waals surface area (Å²) < 4.78 is 13.3. The molecule has 3 heteroatoms. The summed E-state index contributed by atoms with van der Waals surface area (Å²) in [5.74, 6) is 0.317. The van der Waals surface area contributed by atoms with Crippen molar-refractivity contribution < 1.29 is 4.39 Å². The first-order valence-electron chi connectivity index (χ1n) is 5.66. The molecule has 0 saturated carbocycles. The zero-order valence-electron chi connectivity index (χ0n) is 10.1. The van der Waals surface area contributed by atoms with E-state index in [0.717, 1.165) is 18.4 Å². The highest BCUT2D eigenvalue weighted by atomic mass is 35.5. The van der Waals surface area contributed by atoms with Crippen molar-refractivity contribution in [3.8, 4) is 0 Å². The van der Waals surface area contributed by atoms with E-state index in [1.54, 1.807) is 6.07 Å². The van der Waals surface area contributed by atoms with Gasteiger partial charge in [-0.1, -0.05) is 31.5 Å². The molecule has 0 fully saturated rings. The van der Waals surface area contributed by atoms with E-state index in [0.29, 0.717) is 5.92 Å². The molecule has 1 rings (SSSR count). The molecule has 0 saturated heterocycles. The lowest BCUT2D eigenvalue weighted by Crippen LogP contribution is -2.17. The Hall–Kier alpha value is -0.600. The van der Waals surface area contributed by atoms with Crippen molar-refractivity contribution in [2.45, 2.75) is 32.7 Å². The van der Waals surface area contributed by atoms with Gasteiger partial charge in [-0.2, -0.15) is 0 Å². The molecule has 0 amide bonds. The Bertz CT molecular complexity index is 339. The number of halogens is 2. The van der Waals surface area contributed by atoms with E-state index in [2.05, 4.69) is 19.2 Å². The van der Waals surface area contributed by atoms with Crippen molar-refractivity contribution >= 4 is 11.6 Å². The first kappa shape index (κ1) is 13.5. The molecule has 0 heterocycles. The first-order valence-corrected chi connectivity index (χ1v) is 6.04. The molecule has 1 nitrogen and oxygen atoms in total. The fraction of sp³-hybridized carbons (Fsp3) is 0.538. The Labute approximate surface area is 102 Å². The molecule has 90 valence electrons. The topological polar surface area (TPSA) is 12.0 Å². The van der Waals surface area contributed by atoms with Crippen LogP contribution in [0.3, 0.4) is 0 Å². The van der Waals surface area contributed by atoms with Crippen LogP contribution < -0.4 is 5.32 Å².